The van der Waals surface area contributed by atoms with Gasteiger partial charge in [0.2, 0.25) is 0 Å². The van der Waals surface area contributed by atoms with Crippen molar-refractivity contribution >= 4 is 11.8 Å². The van der Waals surface area contributed by atoms with Crippen LogP contribution in [0.2, 0.25) is 0 Å². The maximum Gasteiger partial charge on any atom is 0.0722 e. The highest BCUT2D eigenvalue weighted by Crippen LogP contribution is 2.26. The molecule has 0 fully saturated rings. The number of hydrogen-bond donors (Lipinski definition) is 2. The van der Waals surface area contributed by atoms with Crippen molar-refractivity contribution < 1.29 is 0 Å². The van der Waals surface area contributed by atoms with Crippen molar-refractivity contribution in [1.29, 1.82) is 0 Å². The summed E-state index contributed by atoms with van der Waals surface area (Å²) in [6.45, 7) is 5.07. The average Bonchev–Trinajstić information content (AvgIpc) is 2.90. The Morgan fingerprint density at radius 3 is 2.84 bits per heavy atom. The number of nitrogens with one attached hydrogen (secondary N) is 1. The van der Waals surface area contributed by atoms with E-state index in [4.69, 9.17) is 5.84 Å². The number of hydrazine groups is 1. The summed E-state index contributed by atoms with van der Waals surface area (Å²) >= 11 is 1.81. The fourth-order valence-corrected chi connectivity index (χ4v) is 3.10. The lowest BCUT2D eigenvalue weighted by atomic mass is 10.2. The summed E-state index contributed by atoms with van der Waals surface area (Å²) in [5.74, 6) is 6.57. The molecule has 19 heavy (non-hydrogen) atoms. The quantitative estimate of drug-likeness (QED) is 0.483. The van der Waals surface area contributed by atoms with Gasteiger partial charge in [0.05, 0.1) is 11.7 Å². The van der Waals surface area contributed by atoms with Gasteiger partial charge < -0.3 is 0 Å². The Kier molecular flexibility index (Phi) is 5.01. The molecule has 2 aromatic rings. The van der Waals surface area contributed by atoms with Crippen LogP contribution in [0.3, 0.4) is 0 Å². The molecule has 0 aliphatic heterocycles. The normalized spacial score (nSPS) is 12.6. The van der Waals surface area contributed by atoms with Gasteiger partial charge in [-0.15, -0.1) is 11.8 Å². The minimum atomic E-state index is 0.104. The summed E-state index contributed by atoms with van der Waals surface area (Å²) in [5, 5.41) is 4.29. The van der Waals surface area contributed by atoms with Gasteiger partial charge in [-0.05, 0) is 31.5 Å². The van der Waals surface area contributed by atoms with Crippen LogP contribution in [0.5, 0.6) is 0 Å². The molecular weight excluding hydrogens is 256 g/mol. The van der Waals surface area contributed by atoms with Gasteiger partial charge in [0.25, 0.3) is 0 Å². The zero-order valence-corrected chi connectivity index (χ0v) is 12.2. The molecule has 0 spiro atoms. The van der Waals surface area contributed by atoms with Crippen LogP contribution in [0.15, 0.2) is 41.4 Å². The van der Waals surface area contributed by atoms with E-state index in [0.717, 1.165) is 18.0 Å². The maximum atomic E-state index is 5.69. The molecule has 0 aliphatic rings. The predicted octanol–water partition coefficient (Wildman–Crippen LogP) is 2.51. The molecule has 1 aromatic heterocycles. The Bertz CT molecular complexity index is 524. The molecule has 1 aromatic carbocycles. The van der Waals surface area contributed by atoms with Gasteiger partial charge in [0, 0.05) is 23.4 Å². The van der Waals surface area contributed by atoms with Crippen LogP contribution < -0.4 is 11.3 Å². The fraction of sp³-hybridized carbons (Fsp3) is 0.357. The zero-order valence-electron chi connectivity index (χ0n) is 11.3. The Morgan fingerprint density at radius 1 is 1.37 bits per heavy atom. The van der Waals surface area contributed by atoms with E-state index >= 15 is 0 Å². The van der Waals surface area contributed by atoms with Gasteiger partial charge >= 0.3 is 0 Å². The number of nitrogens with zero attached hydrogens (tertiary/aromatic N) is 2. The number of aryl methyl sites for hydroxylation is 2. The topological polar surface area (TPSA) is 55.9 Å². The van der Waals surface area contributed by atoms with Gasteiger partial charge in [0.15, 0.2) is 0 Å². The minimum Gasteiger partial charge on any atom is -0.271 e. The van der Waals surface area contributed by atoms with Crippen LogP contribution in [0.1, 0.15) is 24.2 Å². The molecule has 5 heteroatoms. The minimum absolute atomic E-state index is 0.104. The van der Waals surface area contributed by atoms with Crippen LogP contribution in [0.4, 0.5) is 0 Å². The summed E-state index contributed by atoms with van der Waals surface area (Å²) in [7, 11) is 0. The summed E-state index contributed by atoms with van der Waals surface area (Å²) in [4.78, 5) is 1.30. The SMILES string of the molecule is CCn1nccc1C(CSc1ccccc1C)NN. The first kappa shape index (κ1) is 14.1. The standard InChI is InChI=1S/C14H20N4S/c1-3-18-13(8-9-16-18)12(17-15)10-19-14-7-5-4-6-11(14)2/h4-9,12,17H,3,10,15H2,1-2H3. The van der Waals surface area contributed by atoms with Crippen molar-refractivity contribution in [2.75, 3.05) is 5.75 Å². The van der Waals surface area contributed by atoms with E-state index in [-0.39, 0.29) is 6.04 Å². The molecule has 3 N–H and O–H groups in total. The molecule has 1 heterocycles. The number of aromatic nitrogens is 2. The fourth-order valence-electron chi connectivity index (χ4n) is 2.01. The second kappa shape index (κ2) is 6.75. The molecule has 0 bridgehead atoms. The van der Waals surface area contributed by atoms with Crippen LogP contribution >= 0.6 is 11.8 Å². The molecule has 0 amide bonds. The van der Waals surface area contributed by atoms with Crippen LogP contribution in [0.25, 0.3) is 0 Å². The lowest BCUT2D eigenvalue weighted by Crippen LogP contribution is -2.31. The first-order valence-electron chi connectivity index (χ1n) is 6.42. The molecular formula is C14H20N4S. The maximum absolute atomic E-state index is 5.69. The number of hydrogen-bond acceptors (Lipinski definition) is 4. The Hall–Kier alpha value is -1.30. The number of thioether (sulfide) groups is 1. The number of benzene rings is 1. The molecule has 0 saturated heterocycles. The Balaban J connectivity index is 2.06. The van der Waals surface area contributed by atoms with Crippen LogP contribution in [0, 0.1) is 6.92 Å². The molecule has 4 nitrogen and oxygen atoms in total. The van der Waals surface area contributed by atoms with Crippen molar-refractivity contribution in [3.63, 3.8) is 0 Å². The van der Waals surface area contributed by atoms with Gasteiger partial charge in [-0.1, -0.05) is 18.2 Å². The van der Waals surface area contributed by atoms with Crippen LogP contribution in [-0.4, -0.2) is 15.5 Å². The zero-order chi connectivity index (χ0) is 13.7. The van der Waals surface area contributed by atoms with E-state index in [1.54, 1.807) is 0 Å². The highest BCUT2D eigenvalue weighted by Gasteiger charge is 2.14. The lowest BCUT2D eigenvalue weighted by Gasteiger charge is -2.17. The summed E-state index contributed by atoms with van der Waals surface area (Å²) in [5.41, 5.74) is 5.32. The average molecular weight is 276 g/mol. The highest BCUT2D eigenvalue weighted by molar-refractivity contribution is 7.99. The molecule has 1 unspecified atom stereocenters. The summed E-state index contributed by atoms with van der Waals surface area (Å²) in [6.07, 6.45) is 1.82. The first-order valence-corrected chi connectivity index (χ1v) is 7.41. The van der Waals surface area contributed by atoms with E-state index in [2.05, 4.69) is 48.6 Å². The van der Waals surface area contributed by atoms with Crippen LogP contribution in [-0.2, 0) is 6.54 Å². The monoisotopic (exact) mass is 276 g/mol. The molecule has 0 aliphatic carbocycles. The highest BCUT2D eigenvalue weighted by atomic mass is 32.2. The molecule has 0 saturated carbocycles. The first-order chi connectivity index (χ1) is 9.26. The van der Waals surface area contributed by atoms with E-state index < -0.39 is 0 Å². The van der Waals surface area contributed by atoms with E-state index in [1.807, 2.05) is 28.7 Å². The van der Waals surface area contributed by atoms with Crippen molar-refractivity contribution in [1.82, 2.24) is 15.2 Å². The van der Waals surface area contributed by atoms with E-state index in [1.165, 1.54) is 10.5 Å². The Morgan fingerprint density at radius 2 is 2.16 bits per heavy atom. The third-order valence-corrected chi connectivity index (χ3v) is 4.38. The van der Waals surface area contributed by atoms with Crippen molar-refractivity contribution in [2.24, 2.45) is 5.84 Å². The van der Waals surface area contributed by atoms with Gasteiger partial charge in [-0.3, -0.25) is 16.0 Å². The third-order valence-electron chi connectivity index (χ3n) is 3.11. The predicted molar refractivity (Wildman–Crippen MR) is 79.9 cm³/mol. The second-order valence-corrected chi connectivity index (χ2v) is 5.43. The Labute approximate surface area is 118 Å². The van der Waals surface area contributed by atoms with E-state index in [9.17, 15) is 0 Å². The number of nitrogens with two attached hydrogens (primary N) is 1. The third kappa shape index (κ3) is 3.37. The van der Waals surface area contributed by atoms with Gasteiger partial charge in [-0.2, -0.15) is 5.10 Å². The molecule has 2 rings (SSSR count). The van der Waals surface area contributed by atoms with E-state index in [0.29, 0.717) is 0 Å². The van der Waals surface area contributed by atoms with Gasteiger partial charge in [-0.25, -0.2) is 0 Å². The second-order valence-electron chi connectivity index (χ2n) is 4.37. The molecule has 102 valence electrons. The van der Waals surface area contributed by atoms with Crippen molar-refractivity contribution in [2.45, 2.75) is 31.3 Å². The number of rotatable bonds is 6. The largest absolute Gasteiger partial charge is 0.271 e. The van der Waals surface area contributed by atoms with Crippen molar-refractivity contribution in [3.05, 3.63) is 47.8 Å². The summed E-state index contributed by atoms with van der Waals surface area (Å²) in [6, 6.07) is 10.5. The smallest absolute Gasteiger partial charge is 0.0722 e. The summed E-state index contributed by atoms with van der Waals surface area (Å²) < 4.78 is 1.98. The lowest BCUT2D eigenvalue weighted by molar-refractivity contribution is 0.528. The van der Waals surface area contributed by atoms with Crippen molar-refractivity contribution in [3.8, 4) is 0 Å². The molecule has 1 atom stereocenters. The van der Waals surface area contributed by atoms with Gasteiger partial charge in [0.1, 0.15) is 0 Å². The molecule has 0 radical (unpaired) electrons.